The number of fused-ring (bicyclic) bond motifs is 1. The van der Waals surface area contributed by atoms with Gasteiger partial charge in [-0.15, -0.1) is 0 Å². The minimum atomic E-state index is -0.247. The van der Waals surface area contributed by atoms with E-state index in [1.165, 1.54) is 11.1 Å². The third-order valence-corrected chi connectivity index (χ3v) is 5.50. The normalized spacial score (nSPS) is 11.1. The van der Waals surface area contributed by atoms with Gasteiger partial charge < -0.3 is 5.32 Å². The van der Waals surface area contributed by atoms with Crippen LogP contribution in [0, 0.1) is 6.92 Å². The topological polar surface area (TPSA) is 77.6 Å². The summed E-state index contributed by atoms with van der Waals surface area (Å²) in [4.78, 5) is 17.9. The van der Waals surface area contributed by atoms with Crippen molar-refractivity contribution >= 4 is 22.8 Å². The van der Waals surface area contributed by atoms with Gasteiger partial charge in [0, 0.05) is 24.9 Å². The molecule has 0 aliphatic rings. The van der Waals surface area contributed by atoms with E-state index in [4.69, 9.17) is 4.98 Å². The molecule has 7 heteroatoms. The van der Waals surface area contributed by atoms with Gasteiger partial charge in [-0.2, -0.15) is 10.2 Å². The zero-order chi connectivity index (χ0) is 22.1. The Morgan fingerprint density at radius 2 is 1.81 bits per heavy atom. The lowest BCUT2D eigenvalue weighted by Crippen LogP contribution is -2.14. The van der Waals surface area contributed by atoms with Crippen molar-refractivity contribution in [3.05, 3.63) is 95.8 Å². The molecule has 0 saturated heterocycles. The average Bonchev–Trinajstić information content (AvgIpc) is 3.41. The number of anilines is 1. The Bertz CT molecular complexity index is 1420. The van der Waals surface area contributed by atoms with E-state index in [1.807, 2.05) is 60.4 Å². The number of benzene rings is 2. The van der Waals surface area contributed by atoms with E-state index in [1.54, 1.807) is 23.0 Å². The second-order valence-corrected chi connectivity index (χ2v) is 7.71. The molecule has 0 aliphatic heterocycles. The zero-order valence-electron chi connectivity index (χ0n) is 17.9. The van der Waals surface area contributed by atoms with E-state index in [-0.39, 0.29) is 5.91 Å². The molecule has 1 N–H and O–H groups in total. The van der Waals surface area contributed by atoms with Crippen LogP contribution in [0.15, 0.2) is 79.1 Å². The molecule has 32 heavy (non-hydrogen) atoms. The molecule has 3 aromatic heterocycles. The van der Waals surface area contributed by atoms with Crippen LogP contribution in [0.1, 0.15) is 21.5 Å². The van der Waals surface area contributed by atoms with E-state index in [2.05, 4.69) is 34.6 Å². The molecule has 3 heterocycles. The molecule has 5 rings (SSSR count). The van der Waals surface area contributed by atoms with Crippen LogP contribution < -0.4 is 5.32 Å². The van der Waals surface area contributed by atoms with Crippen LogP contribution in [0.2, 0.25) is 0 Å². The fourth-order valence-corrected chi connectivity index (χ4v) is 3.72. The maximum Gasteiger partial charge on any atom is 0.257 e. The van der Waals surface area contributed by atoms with E-state index >= 15 is 0 Å². The highest BCUT2D eigenvalue weighted by Gasteiger charge is 2.17. The van der Waals surface area contributed by atoms with Crippen molar-refractivity contribution in [2.45, 2.75) is 13.5 Å². The first-order chi connectivity index (χ1) is 15.6. The van der Waals surface area contributed by atoms with Gasteiger partial charge in [-0.3, -0.25) is 14.2 Å². The lowest BCUT2D eigenvalue weighted by Gasteiger charge is -2.08. The molecular formula is C25H22N6O. The lowest BCUT2D eigenvalue weighted by molar-refractivity contribution is 0.102. The summed E-state index contributed by atoms with van der Waals surface area (Å²) >= 11 is 0. The summed E-state index contributed by atoms with van der Waals surface area (Å²) in [6.45, 7) is 2.72. The van der Waals surface area contributed by atoms with Crippen LogP contribution in [-0.4, -0.2) is 30.5 Å². The Hall–Kier alpha value is -4.26. The molecule has 0 fully saturated rings. The number of hydrogen-bond donors (Lipinski definition) is 1. The molecule has 7 nitrogen and oxygen atoms in total. The van der Waals surface area contributed by atoms with Crippen molar-refractivity contribution in [3.63, 3.8) is 0 Å². The minimum Gasteiger partial charge on any atom is -0.305 e. The van der Waals surface area contributed by atoms with Gasteiger partial charge in [0.25, 0.3) is 5.91 Å². The first kappa shape index (κ1) is 19.7. The first-order valence-electron chi connectivity index (χ1n) is 10.4. The van der Waals surface area contributed by atoms with Crippen molar-refractivity contribution in [2.24, 2.45) is 7.05 Å². The van der Waals surface area contributed by atoms with Crippen molar-refractivity contribution < 1.29 is 4.79 Å². The van der Waals surface area contributed by atoms with Gasteiger partial charge in [-0.05, 0) is 24.1 Å². The number of hydrogen-bond acceptors (Lipinski definition) is 4. The molecule has 0 unspecified atom stereocenters. The Kier molecular flexibility index (Phi) is 4.99. The molecule has 0 radical (unpaired) electrons. The summed E-state index contributed by atoms with van der Waals surface area (Å²) in [5, 5.41) is 12.4. The van der Waals surface area contributed by atoms with E-state index in [0.717, 1.165) is 11.3 Å². The Morgan fingerprint density at radius 3 is 2.62 bits per heavy atom. The predicted octanol–water partition coefficient (Wildman–Crippen LogP) is 4.44. The van der Waals surface area contributed by atoms with E-state index < -0.39 is 0 Å². The van der Waals surface area contributed by atoms with Crippen LogP contribution in [-0.2, 0) is 13.6 Å². The van der Waals surface area contributed by atoms with E-state index in [9.17, 15) is 4.79 Å². The number of pyridine rings is 1. The number of amides is 1. The summed E-state index contributed by atoms with van der Waals surface area (Å²) in [5.41, 5.74) is 5.21. The number of carbonyl (C=O) groups excluding carboxylic acids is 1. The number of carbonyl (C=O) groups is 1. The molecule has 0 saturated carbocycles. The monoisotopic (exact) mass is 422 g/mol. The highest BCUT2D eigenvalue weighted by atomic mass is 16.1. The van der Waals surface area contributed by atoms with Gasteiger partial charge in [0.05, 0.1) is 29.4 Å². The van der Waals surface area contributed by atoms with Crippen LogP contribution >= 0.6 is 0 Å². The minimum absolute atomic E-state index is 0.247. The van der Waals surface area contributed by atoms with Gasteiger partial charge in [-0.25, -0.2) is 4.98 Å². The summed E-state index contributed by atoms with van der Waals surface area (Å²) in [7, 11) is 1.82. The maximum atomic E-state index is 13.2. The zero-order valence-corrected chi connectivity index (χ0v) is 17.9. The fraction of sp³-hybridized carbons (Fsp3) is 0.120. The van der Waals surface area contributed by atoms with E-state index in [0.29, 0.717) is 29.0 Å². The number of nitrogens with one attached hydrogen (secondary N) is 1. The largest absolute Gasteiger partial charge is 0.305 e. The van der Waals surface area contributed by atoms with Crippen LogP contribution in [0.3, 0.4) is 0 Å². The Balaban J connectivity index is 1.44. The highest BCUT2D eigenvalue weighted by Crippen LogP contribution is 2.25. The summed E-state index contributed by atoms with van der Waals surface area (Å²) < 4.78 is 3.50. The molecule has 0 aliphatic carbocycles. The molecule has 5 aromatic rings. The number of aromatic nitrogens is 5. The van der Waals surface area contributed by atoms with Crippen LogP contribution in [0.25, 0.3) is 22.3 Å². The SMILES string of the molecule is Cc1ccccc1Cn1ccc(NC(=O)c2cc(-c3ccccc3)nc3c2cnn3C)n1. The van der Waals surface area contributed by atoms with Crippen molar-refractivity contribution in [2.75, 3.05) is 5.32 Å². The molecule has 2 aromatic carbocycles. The molecular weight excluding hydrogens is 400 g/mol. The molecule has 1 amide bonds. The van der Waals surface area contributed by atoms with Crippen LogP contribution in [0.4, 0.5) is 5.82 Å². The summed E-state index contributed by atoms with van der Waals surface area (Å²) in [5.74, 6) is 0.252. The summed E-state index contributed by atoms with van der Waals surface area (Å²) in [6.07, 6.45) is 3.53. The Labute approximate surface area is 185 Å². The third kappa shape index (κ3) is 3.76. The van der Waals surface area contributed by atoms with Gasteiger partial charge in [0.1, 0.15) is 0 Å². The average molecular weight is 422 g/mol. The predicted molar refractivity (Wildman–Crippen MR) is 124 cm³/mol. The van der Waals surface area contributed by atoms with Crippen molar-refractivity contribution in [1.29, 1.82) is 0 Å². The number of aryl methyl sites for hydroxylation is 2. The standard InChI is InChI=1S/C25H22N6O/c1-17-8-6-7-11-19(17)16-31-13-12-23(29-31)28-25(32)20-14-22(18-9-4-3-5-10-18)27-24-21(20)15-26-30(24)2/h3-15H,16H2,1-2H3,(H,28,29,32). The quantitative estimate of drug-likeness (QED) is 0.454. The summed E-state index contributed by atoms with van der Waals surface area (Å²) in [6, 6.07) is 21.6. The van der Waals surface area contributed by atoms with Gasteiger partial charge >= 0.3 is 0 Å². The molecule has 0 atom stereocenters. The van der Waals surface area contributed by atoms with Crippen LogP contribution in [0.5, 0.6) is 0 Å². The van der Waals surface area contributed by atoms with Crippen molar-refractivity contribution in [1.82, 2.24) is 24.5 Å². The number of rotatable bonds is 5. The smallest absolute Gasteiger partial charge is 0.257 e. The number of nitrogens with zero attached hydrogens (tertiary/aromatic N) is 5. The Morgan fingerprint density at radius 1 is 1.03 bits per heavy atom. The van der Waals surface area contributed by atoms with Crippen molar-refractivity contribution in [3.8, 4) is 11.3 Å². The van der Waals surface area contributed by atoms with Gasteiger partial charge in [0.15, 0.2) is 11.5 Å². The second kappa shape index (κ2) is 8.11. The van der Waals surface area contributed by atoms with Gasteiger partial charge in [0.2, 0.25) is 0 Å². The second-order valence-electron chi connectivity index (χ2n) is 7.71. The molecule has 158 valence electrons. The molecule has 0 spiro atoms. The maximum absolute atomic E-state index is 13.2. The first-order valence-corrected chi connectivity index (χ1v) is 10.4. The highest BCUT2D eigenvalue weighted by molar-refractivity contribution is 6.12. The lowest BCUT2D eigenvalue weighted by atomic mass is 10.1. The fourth-order valence-electron chi connectivity index (χ4n) is 3.72. The van der Waals surface area contributed by atoms with Gasteiger partial charge in [-0.1, -0.05) is 54.6 Å². The third-order valence-electron chi connectivity index (χ3n) is 5.50. The molecule has 0 bridgehead atoms.